The molecule has 0 unspecified atom stereocenters. The number of ether oxygens (including phenoxy) is 1. The standard InChI is InChI=1S/C21H15BrN2O2/c22-17-8-11-20-23-18(12-21(25)24(20)13-17)14-26-19-9-6-16(7-10-19)15-4-2-1-3-5-15/h1-13H,14H2. The van der Waals surface area contributed by atoms with Gasteiger partial charge in [-0.3, -0.25) is 9.20 Å². The van der Waals surface area contributed by atoms with Gasteiger partial charge in [-0.15, -0.1) is 0 Å². The van der Waals surface area contributed by atoms with E-state index in [1.165, 1.54) is 10.5 Å². The molecule has 0 aliphatic carbocycles. The topological polar surface area (TPSA) is 43.6 Å². The predicted octanol–water partition coefficient (Wildman–Crippen LogP) is 4.70. The lowest BCUT2D eigenvalue weighted by atomic mass is 10.1. The molecule has 0 spiro atoms. The van der Waals surface area contributed by atoms with Crippen LogP contribution >= 0.6 is 15.9 Å². The lowest BCUT2D eigenvalue weighted by molar-refractivity contribution is 0.301. The molecule has 0 radical (unpaired) electrons. The number of rotatable bonds is 4. The minimum Gasteiger partial charge on any atom is -0.487 e. The maximum absolute atomic E-state index is 12.2. The maximum atomic E-state index is 12.2. The first-order valence-corrected chi connectivity index (χ1v) is 8.94. The lowest BCUT2D eigenvalue weighted by Crippen LogP contribution is -2.16. The molecule has 128 valence electrons. The van der Waals surface area contributed by atoms with Gasteiger partial charge < -0.3 is 4.74 Å². The van der Waals surface area contributed by atoms with Crippen LogP contribution in [0.4, 0.5) is 0 Å². The summed E-state index contributed by atoms with van der Waals surface area (Å²) in [4.78, 5) is 16.7. The Morgan fingerprint density at radius 1 is 0.923 bits per heavy atom. The summed E-state index contributed by atoms with van der Waals surface area (Å²) in [5.41, 5.74) is 3.36. The average Bonchev–Trinajstić information content (AvgIpc) is 2.68. The van der Waals surface area contributed by atoms with Crippen LogP contribution in [0.1, 0.15) is 5.69 Å². The van der Waals surface area contributed by atoms with Gasteiger partial charge >= 0.3 is 0 Å². The number of fused-ring (bicyclic) bond motifs is 1. The quantitative estimate of drug-likeness (QED) is 0.493. The molecule has 5 heteroatoms. The highest BCUT2D eigenvalue weighted by Crippen LogP contribution is 2.22. The summed E-state index contributed by atoms with van der Waals surface area (Å²) in [6.45, 7) is 0.243. The van der Waals surface area contributed by atoms with Crippen molar-refractivity contribution >= 4 is 21.6 Å². The van der Waals surface area contributed by atoms with Gasteiger partial charge in [0.05, 0.1) is 5.69 Å². The Morgan fingerprint density at radius 2 is 1.65 bits per heavy atom. The predicted molar refractivity (Wildman–Crippen MR) is 105 cm³/mol. The number of halogens is 1. The number of pyridine rings is 1. The Balaban J connectivity index is 1.51. The lowest BCUT2D eigenvalue weighted by Gasteiger charge is -2.08. The van der Waals surface area contributed by atoms with Gasteiger partial charge in [-0.2, -0.15) is 0 Å². The van der Waals surface area contributed by atoms with Crippen LogP contribution < -0.4 is 10.3 Å². The minimum absolute atomic E-state index is 0.130. The van der Waals surface area contributed by atoms with E-state index in [9.17, 15) is 4.79 Å². The Labute approximate surface area is 158 Å². The highest BCUT2D eigenvalue weighted by atomic mass is 79.9. The molecule has 4 nitrogen and oxygen atoms in total. The highest BCUT2D eigenvalue weighted by molar-refractivity contribution is 9.10. The summed E-state index contributed by atoms with van der Waals surface area (Å²) >= 11 is 3.36. The van der Waals surface area contributed by atoms with Crippen molar-refractivity contribution in [3.05, 3.63) is 99.5 Å². The molecule has 0 bridgehead atoms. The third kappa shape index (κ3) is 3.53. The van der Waals surface area contributed by atoms with Crippen LogP contribution in [0.2, 0.25) is 0 Å². The molecule has 2 heterocycles. The number of nitrogens with zero attached hydrogens (tertiary/aromatic N) is 2. The molecule has 0 fully saturated rings. The van der Waals surface area contributed by atoms with Gasteiger partial charge in [0.1, 0.15) is 18.0 Å². The van der Waals surface area contributed by atoms with E-state index in [4.69, 9.17) is 4.74 Å². The van der Waals surface area contributed by atoms with E-state index < -0.39 is 0 Å². The zero-order valence-electron chi connectivity index (χ0n) is 13.8. The van der Waals surface area contributed by atoms with Crippen molar-refractivity contribution < 1.29 is 4.74 Å². The first-order chi connectivity index (χ1) is 12.7. The van der Waals surface area contributed by atoms with Crippen LogP contribution in [0.25, 0.3) is 16.8 Å². The van der Waals surface area contributed by atoms with Crippen molar-refractivity contribution in [1.29, 1.82) is 0 Å². The Morgan fingerprint density at radius 3 is 2.42 bits per heavy atom. The first kappa shape index (κ1) is 16.5. The molecule has 0 amide bonds. The summed E-state index contributed by atoms with van der Waals surface area (Å²) in [5.74, 6) is 0.738. The highest BCUT2D eigenvalue weighted by Gasteiger charge is 2.04. The third-order valence-electron chi connectivity index (χ3n) is 4.02. The monoisotopic (exact) mass is 406 g/mol. The van der Waals surface area contributed by atoms with Crippen molar-refractivity contribution in [3.8, 4) is 16.9 Å². The minimum atomic E-state index is -0.130. The van der Waals surface area contributed by atoms with Gasteiger partial charge in [0.2, 0.25) is 0 Å². The Kier molecular flexibility index (Phi) is 4.54. The molecule has 0 N–H and O–H groups in total. The van der Waals surface area contributed by atoms with Crippen LogP contribution in [0.15, 0.2) is 88.3 Å². The number of hydrogen-bond acceptors (Lipinski definition) is 3. The summed E-state index contributed by atoms with van der Waals surface area (Å²) in [6.07, 6.45) is 1.71. The van der Waals surface area contributed by atoms with E-state index in [1.807, 2.05) is 48.5 Å². The fraction of sp³-hybridized carbons (Fsp3) is 0.0476. The van der Waals surface area contributed by atoms with Crippen molar-refractivity contribution in [2.24, 2.45) is 0 Å². The van der Waals surface area contributed by atoms with Crippen LogP contribution in [0.3, 0.4) is 0 Å². The molecule has 0 saturated heterocycles. The largest absolute Gasteiger partial charge is 0.487 e. The molecular formula is C21H15BrN2O2. The van der Waals surface area contributed by atoms with Gasteiger partial charge in [-0.05, 0) is 51.3 Å². The van der Waals surface area contributed by atoms with E-state index in [-0.39, 0.29) is 12.2 Å². The van der Waals surface area contributed by atoms with E-state index in [0.717, 1.165) is 21.3 Å². The molecule has 2 aromatic carbocycles. The van der Waals surface area contributed by atoms with Crippen LogP contribution in [-0.2, 0) is 6.61 Å². The normalized spacial score (nSPS) is 10.8. The van der Waals surface area contributed by atoms with E-state index in [1.54, 1.807) is 12.3 Å². The van der Waals surface area contributed by atoms with Crippen LogP contribution in [-0.4, -0.2) is 9.38 Å². The summed E-state index contributed by atoms with van der Waals surface area (Å²) in [6, 6.07) is 23.2. The molecule has 0 aliphatic heterocycles. The van der Waals surface area contributed by atoms with Gasteiger partial charge in [0.25, 0.3) is 5.56 Å². The van der Waals surface area contributed by atoms with Crippen molar-refractivity contribution in [1.82, 2.24) is 9.38 Å². The first-order valence-electron chi connectivity index (χ1n) is 8.15. The molecule has 4 aromatic rings. The fourth-order valence-electron chi connectivity index (χ4n) is 2.73. The van der Waals surface area contributed by atoms with Gasteiger partial charge in [-0.25, -0.2) is 4.98 Å². The second-order valence-electron chi connectivity index (χ2n) is 5.84. The van der Waals surface area contributed by atoms with Crippen molar-refractivity contribution in [2.45, 2.75) is 6.61 Å². The zero-order chi connectivity index (χ0) is 17.9. The van der Waals surface area contributed by atoms with Gasteiger partial charge in [0.15, 0.2) is 0 Å². The maximum Gasteiger partial charge on any atom is 0.258 e. The number of aromatic nitrogens is 2. The smallest absolute Gasteiger partial charge is 0.258 e. The zero-order valence-corrected chi connectivity index (χ0v) is 15.4. The second-order valence-corrected chi connectivity index (χ2v) is 6.76. The fourth-order valence-corrected chi connectivity index (χ4v) is 3.07. The van der Waals surface area contributed by atoms with Crippen molar-refractivity contribution in [3.63, 3.8) is 0 Å². The average molecular weight is 407 g/mol. The molecule has 26 heavy (non-hydrogen) atoms. The Bertz CT molecular complexity index is 1110. The van der Waals surface area contributed by atoms with Gasteiger partial charge in [-0.1, -0.05) is 42.5 Å². The summed E-state index contributed by atoms with van der Waals surface area (Å²) < 4.78 is 8.12. The van der Waals surface area contributed by atoms with E-state index in [2.05, 4.69) is 33.0 Å². The number of benzene rings is 2. The second kappa shape index (κ2) is 7.14. The van der Waals surface area contributed by atoms with Crippen LogP contribution in [0, 0.1) is 0 Å². The third-order valence-corrected chi connectivity index (χ3v) is 4.49. The van der Waals surface area contributed by atoms with Crippen LogP contribution in [0.5, 0.6) is 5.75 Å². The summed E-state index contributed by atoms with van der Waals surface area (Å²) in [7, 11) is 0. The SMILES string of the molecule is O=c1cc(COc2ccc(-c3ccccc3)cc2)nc2ccc(Br)cn12. The molecule has 2 aromatic heterocycles. The molecular weight excluding hydrogens is 392 g/mol. The number of hydrogen-bond donors (Lipinski definition) is 0. The van der Waals surface area contributed by atoms with Gasteiger partial charge in [0, 0.05) is 16.7 Å². The van der Waals surface area contributed by atoms with E-state index in [0.29, 0.717) is 11.3 Å². The molecule has 4 rings (SSSR count). The molecule has 0 saturated carbocycles. The van der Waals surface area contributed by atoms with Crippen molar-refractivity contribution in [2.75, 3.05) is 0 Å². The molecule has 0 aliphatic rings. The van der Waals surface area contributed by atoms with E-state index >= 15 is 0 Å². The Hall–Kier alpha value is -2.92. The summed E-state index contributed by atoms with van der Waals surface area (Å²) in [5, 5.41) is 0. The molecule has 0 atom stereocenters.